The lowest BCUT2D eigenvalue weighted by molar-refractivity contribution is -0.150. The van der Waals surface area contributed by atoms with Crippen molar-refractivity contribution in [3.8, 4) is 11.5 Å². The fraction of sp³-hybridized carbons (Fsp3) is 0.200. The van der Waals surface area contributed by atoms with Crippen molar-refractivity contribution in [1.82, 2.24) is 0 Å². The van der Waals surface area contributed by atoms with E-state index in [2.05, 4.69) is 0 Å². The van der Waals surface area contributed by atoms with E-state index in [0.717, 1.165) is 0 Å². The average molecular weight is 391 g/mol. The molecule has 0 N–H and O–H groups in total. The van der Waals surface area contributed by atoms with E-state index in [4.69, 9.17) is 25.8 Å². The number of allylic oxidation sites excluding steroid dienone is 1. The van der Waals surface area contributed by atoms with Crippen LogP contribution >= 0.6 is 11.6 Å². The predicted octanol–water partition coefficient (Wildman–Crippen LogP) is 4.43. The molecule has 0 fully saturated rings. The molecule has 0 saturated heterocycles. The number of fused-ring (bicyclic) bond motifs is 1. The van der Waals surface area contributed by atoms with Gasteiger partial charge < -0.3 is 14.2 Å². The number of ketones is 1. The smallest absolute Gasteiger partial charge is 0.347 e. The average Bonchev–Trinajstić information content (AvgIpc) is 2.93. The van der Waals surface area contributed by atoms with Crippen LogP contribution in [0.2, 0.25) is 5.02 Å². The van der Waals surface area contributed by atoms with E-state index < -0.39 is 23.7 Å². The molecule has 0 amide bonds. The largest absolute Gasteiger partial charge is 0.479 e. The van der Waals surface area contributed by atoms with Crippen LogP contribution in [-0.2, 0) is 9.53 Å². The highest BCUT2D eigenvalue weighted by Gasteiger charge is 2.29. The Labute approximate surface area is 160 Å². The minimum Gasteiger partial charge on any atom is -0.479 e. The molecule has 0 aliphatic carbocycles. The summed E-state index contributed by atoms with van der Waals surface area (Å²) >= 11 is 5.99. The SMILES string of the molecule is CCOC(=O)C(C)Oc1ccc2c(c1)O/C(=C\c1c(F)cccc1Cl)C2=O. The van der Waals surface area contributed by atoms with Crippen molar-refractivity contribution in [2.45, 2.75) is 20.0 Å². The molecule has 1 atom stereocenters. The number of rotatable bonds is 5. The summed E-state index contributed by atoms with van der Waals surface area (Å²) in [6.07, 6.45) is 0.453. The Kier molecular flexibility index (Phi) is 5.46. The quantitative estimate of drug-likeness (QED) is 0.558. The Hall–Kier alpha value is -2.86. The van der Waals surface area contributed by atoms with Gasteiger partial charge >= 0.3 is 5.97 Å². The number of hydrogen-bond donors (Lipinski definition) is 0. The van der Waals surface area contributed by atoms with E-state index in [0.29, 0.717) is 11.3 Å². The maximum absolute atomic E-state index is 13.9. The highest BCUT2D eigenvalue weighted by atomic mass is 35.5. The van der Waals surface area contributed by atoms with Crippen LogP contribution in [0.4, 0.5) is 4.39 Å². The van der Waals surface area contributed by atoms with E-state index in [1.165, 1.54) is 36.4 Å². The second kappa shape index (κ2) is 7.80. The van der Waals surface area contributed by atoms with Gasteiger partial charge in [0.15, 0.2) is 11.9 Å². The molecule has 0 bridgehead atoms. The molecule has 0 saturated carbocycles. The lowest BCUT2D eigenvalue weighted by atomic mass is 10.1. The van der Waals surface area contributed by atoms with Gasteiger partial charge in [-0.1, -0.05) is 17.7 Å². The first-order valence-electron chi connectivity index (χ1n) is 8.26. The maximum atomic E-state index is 13.9. The zero-order valence-corrected chi connectivity index (χ0v) is 15.4. The summed E-state index contributed by atoms with van der Waals surface area (Å²) in [7, 11) is 0. The fourth-order valence-corrected chi connectivity index (χ4v) is 2.75. The normalized spacial score (nSPS) is 15.3. The Morgan fingerprint density at radius 3 is 2.81 bits per heavy atom. The molecule has 3 rings (SSSR count). The molecular formula is C20H16ClFO5. The van der Waals surface area contributed by atoms with Crippen LogP contribution in [0.15, 0.2) is 42.2 Å². The third-order valence-electron chi connectivity index (χ3n) is 3.85. The molecule has 2 aromatic carbocycles. The van der Waals surface area contributed by atoms with Crippen LogP contribution in [0.1, 0.15) is 29.8 Å². The van der Waals surface area contributed by atoms with Gasteiger partial charge in [0, 0.05) is 11.6 Å². The maximum Gasteiger partial charge on any atom is 0.347 e. The van der Waals surface area contributed by atoms with Crippen LogP contribution in [0.25, 0.3) is 6.08 Å². The first-order valence-corrected chi connectivity index (χ1v) is 8.64. The molecule has 1 heterocycles. The van der Waals surface area contributed by atoms with Gasteiger partial charge in [0.1, 0.15) is 17.3 Å². The fourth-order valence-electron chi connectivity index (χ4n) is 2.53. The first kappa shape index (κ1) is 18.9. The third-order valence-corrected chi connectivity index (χ3v) is 4.18. The number of Topliss-reactive ketones (excluding diaryl/α,β-unsaturated/α-hetero) is 1. The molecule has 27 heavy (non-hydrogen) atoms. The van der Waals surface area contributed by atoms with Crippen molar-refractivity contribution >= 4 is 29.4 Å². The van der Waals surface area contributed by atoms with Crippen molar-refractivity contribution < 1.29 is 28.2 Å². The van der Waals surface area contributed by atoms with E-state index in [9.17, 15) is 14.0 Å². The minimum atomic E-state index is -0.813. The van der Waals surface area contributed by atoms with Crippen molar-refractivity contribution in [1.29, 1.82) is 0 Å². The summed E-state index contributed by atoms with van der Waals surface area (Å²) in [6, 6.07) is 8.80. The Morgan fingerprint density at radius 2 is 2.11 bits per heavy atom. The minimum absolute atomic E-state index is 0.0485. The number of carbonyl (C=O) groups excluding carboxylic acids is 2. The van der Waals surface area contributed by atoms with Gasteiger partial charge in [-0.05, 0) is 44.2 Å². The molecule has 1 aliphatic heterocycles. The Morgan fingerprint density at radius 1 is 1.33 bits per heavy atom. The van der Waals surface area contributed by atoms with Gasteiger partial charge in [0.2, 0.25) is 5.78 Å². The number of hydrogen-bond acceptors (Lipinski definition) is 5. The first-order chi connectivity index (χ1) is 12.9. The lowest BCUT2D eigenvalue weighted by Crippen LogP contribution is -2.26. The molecular weight excluding hydrogens is 375 g/mol. The van der Waals surface area contributed by atoms with Gasteiger partial charge in [-0.2, -0.15) is 0 Å². The highest BCUT2D eigenvalue weighted by molar-refractivity contribution is 6.32. The third kappa shape index (κ3) is 3.95. The van der Waals surface area contributed by atoms with Crippen LogP contribution in [0.3, 0.4) is 0 Å². The second-order valence-electron chi connectivity index (χ2n) is 5.75. The van der Waals surface area contributed by atoms with Gasteiger partial charge in [-0.3, -0.25) is 4.79 Å². The Balaban J connectivity index is 1.83. The summed E-state index contributed by atoms with van der Waals surface area (Å²) in [6.45, 7) is 3.51. The molecule has 2 aromatic rings. The van der Waals surface area contributed by atoms with E-state index in [-0.39, 0.29) is 28.7 Å². The molecule has 140 valence electrons. The topological polar surface area (TPSA) is 61.8 Å². The summed E-state index contributed by atoms with van der Waals surface area (Å²) in [4.78, 5) is 24.1. The molecule has 1 unspecified atom stereocenters. The van der Waals surface area contributed by atoms with Crippen molar-refractivity contribution in [2.24, 2.45) is 0 Å². The van der Waals surface area contributed by atoms with Crippen LogP contribution < -0.4 is 9.47 Å². The summed E-state index contributed by atoms with van der Waals surface area (Å²) in [5, 5.41) is 0.169. The number of esters is 1. The van der Waals surface area contributed by atoms with Crippen molar-refractivity contribution in [2.75, 3.05) is 6.61 Å². The van der Waals surface area contributed by atoms with E-state index in [1.807, 2.05) is 0 Å². The molecule has 7 heteroatoms. The van der Waals surface area contributed by atoms with Gasteiger partial charge in [0.25, 0.3) is 0 Å². The number of halogens is 2. The van der Waals surface area contributed by atoms with Crippen LogP contribution in [-0.4, -0.2) is 24.5 Å². The zero-order valence-electron chi connectivity index (χ0n) is 14.6. The van der Waals surface area contributed by atoms with Gasteiger partial charge in [-0.25, -0.2) is 9.18 Å². The van der Waals surface area contributed by atoms with Gasteiger partial charge in [-0.15, -0.1) is 0 Å². The standard InChI is InChI=1S/C20H16ClFO5/c1-3-25-20(24)11(2)26-12-7-8-13-17(9-12)27-18(19(13)23)10-14-15(21)5-4-6-16(14)22/h4-11H,3H2,1-2H3/b18-10-. The molecule has 0 aromatic heterocycles. The zero-order chi connectivity index (χ0) is 19.6. The lowest BCUT2D eigenvalue weighted by Gasteiger charge is -2.13. The predicted molar refractivity (Wildman–Crippen MR) is 97.5 cm³/mol. The van der Waals surface area contributed by atoms with Crippen LogP contribution in [0.5, 0.6) is 11.5 Å². The number of benzene rings is 2. The molecule has 0 radical (unpaired) electrons. The van der Waals surface area contributed by atoms with Crippen molar-refractivity contribution in [3.05, 3.63) is 64.1 Å². The Bertz CT molecular complexity index is 918. The molecule has 5 nitrogen and oxygen atoms in total. The van der Waals surface area contributed by atoms with Crippen molar-refractivity contribution in [3.63, 3.8) is 0 Å². The monoisotopic (exact) mass is 390 g/mol. The second-order valence-corrected chi connectivity index (χ2v) is 6.15. The number of ether oxygens (including phenoxy) is 3. The molecule has 1 aliphatic rings. The molecule has 0 spiro atoms. The van der Waals surface area contributed by atoms with E-state index >= 15 is 0 Å². The van der Waals surface area contributed by atoms with E-state index in [1.54, 1.807) is 19.9 Å². The number of carbonyl (C=O) groups is 2. The summed E-state index contributed by atoms with van der Waals surface area (Å²) in [5.41, 5.74) is 0.382. The van der Waals surface area contributed by atoms with Crippen LogP contribution in [0, 0.1) is 5.82 Å². The summed E-state index contributed by atoms with van der Waals surface area (Å²) in [5.74, 6) is -0.902. The van der Waals surface area contributed by atoms with Gasteiger partial charge in [0.05, 0.1) is 17.2 Å². The highest BCUT2D eigenvalue weighted by Crippen LogP contribution is 2.36. The summed E-state index contributed by atoms with van der Waals surface area (Å²) < 4.78 is 29.9.